The van der Waals surface area contributed by atoms with Crippen molar-refractivity contribution >= 4 is 21.8 Å². The van der Waals surface area contributed by atoms with Crippen molar-refractivity contribution in [1.29, 1.82) is 0 Å². The van der Waals surface area contributed by atoms with E-state index in [2.05, 4.69) is 27.3 Å². The second kappa shape index (κ2) is 6.56. The molecule has 0 heterocycles. The molecule has 1 saturated carbocycles. The van der Waals surface area contributed by atoms with Crippen molar-refractivity contribution in [2.75, 3.05) is 5.33 Å². The molecule has 2 unspecified atom stereocenters. The highest BCUT2D eigenvalue weighted by atomic mass is 79.9. The van der Waals surface area contributed by atoms with Crippen LogP contribution in [0.1, 0.15) is 47.2 Å². The van der Waals surface area contributed by atoms with Crippen LogP contribution in [0.4, 0.5) is 0 Å². The van der Waals surface area contributed by atoms with E-state index in [1.807, 2.05) is 26.0 Å². The van der Waals surface area contributed by atoms with E-state index >= 15 is 0 Å². The first kappa shape index (κ1) is 14.6. The molecule has 1 aliphatic rings. The molecular weight excluding hydrogens is 302 g/mol. The van der Waals surface area contributed by atoms with Gasteiger partial charge in [0.05, 0.1) is 0 Å². The smallest absolute Gasteiger partial charge is 0.251 e. The molecule has 1 amide bonds. The Morgan fingerprint density at radius 1 is 1.21 bits per heavy atom. The van der Waals surface area contributed by atoms with Crippen molar-refractivity contribution in [1.82, 2.24) is 5.32 Å². The number of hydrogen-bond donors (Lipinski definition) is 1. The second-order valence-electron chi connectivity index (χ2n) is 5.66. The molecule has 0 aliphatic heterocycles. The lowest BCUT2D eigenvalue weighted by Gasteiger charge is -2.31. The first-order valence-corrected chi connectivity index (χ1v) is 8.17. The summed E-state index contributed by atoms with van der Waals surface area (Å²) in [7, 11) is 0. The molecule has 2 rings (SSSR count). The molecule has 1 aromatic rings. The van der Waals surface area contributed by atoms with E-state index in [4.69, 9.17) is 0 Å². The molecule has 1 aliphatic carbocycles. The van der Waals surface area contributed by atoms with Gasteiger partial charge in [-0.1, -0.05) is 46.0 Å². The number of hydrogen-bond acceptors (Lipinski definition) is 1. The quantitative estimate of drug-likeness (QED) is 0.837. The van der Waals surface area contributed by atoms with Gasteiger partial charge >= 0.3 is 0 Å². The number of amides is 1. The van der Waals surface area contributed by atoms with Gasteiger partial charge in [-0.2, -0.15) is 0 Å². The first-order chi connectivity index (χ1) is 9.10. The van der Waals surface area contributed by atoms with E-state index in [0.29, 0.717) is 12.0 Å². The Balaban J connectivity index is 2.07. The Morgan fingerprint density at radius 3 is 2.47 bits per heavy atom. The topological polar surface area (TPSA) is 29.1 Å². The van der Waals surface area contributed by atoms with E-state index in [9.17, 15) is 4.79 Å². The SMILES string of the molecule is Cc1cc(C)cc(C(=O)NC2CCCCC2CBr)c1. The summed E-state index contributed by atoms with van der Waals surface area (Å²) in [4.78, 5) is 12.4. The van der Waals surface area contributed by atoms with Crippen LogP contribution in [0.25, 0.3) is 0 Å². The van der Waals surface area contributed by atoms with Gasteiger partial charge in [-0.05, 0) is 44.7 Å². The number of carbonyl (C=O) groups is 1. The monoisotopic (exact) mass is 323 g/mol. The molecule has 0 spiro atoms. The molecular formula is C16H22BrNO. The van der Waals surface area contributed by atoms with E-state index in [1.165, 1.54) is 19.3 Å². The van der Waals surface area contributed by atoms with Crippen LogP contribution in [0.5, 0.6) is 0 Å². The van der Waals surface area contributed by atoms with E-state index in [0.717, 1.165) is 28.4 Å². The van der Waals surface area contributed by atoms with Gasteiger partial charge in [0.15, 0.2) is 0 Å². The number of rotatable bonds is 3. The lowest BCUT2D eigenvalue weighted by Crippen LogP contribution is -2.42. The Kier molecular flexibility index (Phi) is 5.03. The molecule has 3 heteroatoms. The summed E-state index contributed by atoms with van der Waals surface area (Å²) in [5.74, 6) is 0.647. The minimum atomic E-state index is 0.0737. The second-order valence-corrected chi connectivity index (χ2v) is 6.30. The van der Waals surface area contributed by atoms with Crippen molar-refractivity contribution in [2.45, 2.75) is 45.6 Å². The molecule has 0 bridgehead atoms. The summed E-state index contributed by atoms with van der Waals surface area (Å²) in [5, 5.41) is 4.20. The van der Waals surface area contributed by atoms with E-state index in [1.54, 1.807) is 0 Å². The van der Waals surface area contributed by atoms with Crippen LogP contribution in [0.2, 0.25) is 0 Å². The number of alkyl halides is 1. The van der Waals surface area contributed by atoms with Gasteiger partial charge in [0, 0.05) is 16.9 Å². The maximum atomic E-state index is 12.4. The Labute approximate surface area is 124 Å². The Morgan fingerprint density at radius 2 is 1.84 bits per heavy atom. The normalized spacial score (nSPS) is 23.1. The van der Waals surface area contributed by atoms with Gasteiger partial charge in [-0.15, -0.1) is 0 Å². The van der Waals surface area contributed by atoms with Gasteiger partial charge in [-0.25, -0.2) is 0 Å². The molecule has 1 N–H and O–H groups in total. The van der Waals surface area contributed by atoms with Crippen LogP contribution in [-0.2, 0) is 0 Å². The van der Waals surface area contributed by atoms with Crippen LogP contribution in [0.15, 0.2) is 18.2 Å². The fourth-order valence-electron chi connectivity index (χ4n) is 2.94. The lowest BCUT2D eigenvalue weighted by molar-refractivity contribution is 0.0911. The van der Waals surface area contributed by atoms with Crippen molar-refractivity contribution in [2.24, 2.45) is 5.92 Å². The number of nitrogens with one attached hydrogen (secondary N) is 1. The minimum absolute atomic E-state index is 0.0737. The number of aryl methyl sites for hydroxylation is 2. The molecule has 0 aromatic heterocycles. The zero-order valence-corrected chi connectivity index (χ0v) is 13.3. The summed E-state index contributed by atoms with van der Waals surface area (Å²) in [6, 6.07) is 6.35. The first-order valence-electron chi connectivity index (χ1n) is 7.05. The van der Waals surface area contributed by atoms with E-state index in [-0.39, 0.29) is 5.91 Å². The van der Waals surface area contributed by atoms with Crippen LogP contribution >= 0.6 is 15.9 Å². The maximum absolute atomic E-state index is 12.4. The maximum Gasteiger partial charge on any atom is 0.251 e. The van der Waals surface area contributed by atoms with E-state index < -0.39 is 0 Å². The number of benzene rings is 1. The summed E-state index contributed by atoms with van der Waals surface area (Å²) in [6.45, 7) is 4.07. The average molecular weight is 324 g/mol. The molecule has 1 aromatic carbocycles. The highest BCUT2D eigenvalue weighted by molar-refractivity contribution is 9.09. The largest absolute Gasteiger partial charge is 0.349 e. The summed E-state index contributed by atoms with van der Waals surface area (Å²) < 4.78 is 0. The third kappa shape index (κ3) is 3.82. The average Bonchev–Trinajstić information content (AvgIpc) is 2.38. The van der Waals surface area contributed by atoms with Crippen molar-refractivity contribution < 1.29 is 4.79 Å². The fraction of sp³-hybridized carbons (Fsp3) is 0.562. The Bertz CT molecular complexity index is 438. The predicted molar refractivity (Wildman–Crippen MR) is 82.9 cm³/mol. The molecule has 2 nitrogen and oxygen atoms in total. The van der Waals surface area contributed by atoms with Crippen LogP contribution in [0, 0.1) is 19.8 Å². The third-order valence-corrected chi connectivity index (χ3v) is 4.74. The predicted octanol–water partition coefficient (Wildman–Crippen LogP) is 3.99. The van der Waals surface area contributed by atoms with Gasteiger partial charge < -0.3 is 5.32 Å². The zero-order chi connectivity index (χ0) is 13.8. The molecule has 19 heavy (non-hydrogen) atoms. The molecule has 104 valence electrons. The Hall–Kier alpha value is -0.830. The van der Waals surface area contributed by atoms with Gasteiger partial charge in [0.2, 0.25) is 0 Å². The van der Waals surface area contributed by atoms with Crippen LogP contribution < -0.4 is 5.32 Å². The lowest BCUT2D eigenvalue weighted by atomic mass is 9.85. The van der Waals surface area contributed by atoms with Crippen molar-refractivity contribution in [3.8, 4) is 0 Å². The fourth-order valence-corrected chi connectivity index (χ4v) is 3.71. The molecule has 0 radical (unpaired) electrons. The third-order valence-electron chi connectivity index (χ3n) is 3.91. The van der Waals surface area contributed by atoms with Crippen molar-refractivity contribution in [3.63, 3.8) is 0 Å². The summed E-state index contributed by atoms with van der Waals surface area (Å²) in [5.41, 5.74) is 3.08. The highest BCUT2D eigenvalue weighted by Crippen LogP contribution is 2.26. The highest BCUT2D eigenvalue weighted by Gasteiger charge is 2.25. The van der Waals surface area contributed by atoms with Crippen molar-refractivity contribution in [3.05, 3.63) is 34.9 Å². The summed E-state index contributed by atoms with van der Waals surface area (Å²) >= 11 is 3.57. The van der Waals surface area contributed by atoms with Crippen LogP contribution in [-0.4, -0.2) is 17.3 Å². The molecule has 1 fully saturated rings. The number of halogens is 1. The zero-order valence-electron chi connectivity index (χ0n) is 11.7. The minimum Gasteiger partial charge on any atom is -0.349 e. The van der Waals surface area contributed by atoms with Gasteiger partial charge in [-0.3, -0.25) is 4.79 Å². The summed E-state index contributed by atoms with van der Waals surface area (Å²) in [6.07, 6.45) is 4.82. The van der Waals surface area contributed by atoms with Crippen LogP contribution in [0.3, 0.4) is 0 Å². The standard InChI is InChI=1S/C16H22BrNO/c1-11-7-12(2)9-14(8-11)16(19)18-15-6-4-3-5-13(15)10-17/h7-9,13,15H,3-6,10H2,1-2H3,(H,18,19). The number of carbonyl (C=O) groups excluding carboxylic acids is 1. The van der Waals surface area contributed by atoms with Gasteiger partial charge in [0.1, 0.15) is 0 Å². The molecule has 2 atom stereocenters. The molecule has 0 saturated heterocycles. The van der Waals surface area contributed by atoms with Gasteiger partial charge in [0.25, 0.3) is 5.91 Å².